The standard InChI is InChI=1S/C13H19F3N2/c1-2-6-17-12-5-3-4-10-7-18(8-11(10)12)9-13(14,15)16/h7-8,12,17H,2-6,9H2,1H3. The maximum atomic E-state index is 12.4. The van der Waals surface area contributed by atoms with Gasteiger partial charge in [-0.2, -0.15) is 13.2 Å². The van der Waals surface area contributed by atoms with Gasteiger partial charge in [-0.1, -0.05) is 6.92 Å². The molecule has 0 aromatic carbocycles. The van der Waals surface area contributed by atoms with Gasteiger partial charge in [0.1, 0.15) is 6.54 Å². The first kappa shape index (κ1) is 13.5. The number of hydrogen-bond donors (Lipinski definition) is 1. The van der Waals surface area contributed by atoms with E-state index >= 15 is 0 Å². The van der Waals surface area contributed by atoms with E-state index in [1.807, 2.05) is 0 Å². The Morgan fingerprint density at radius 1 is 1.39 bits per heavy atom. The number of nitrogens with zero attached hydrogens (tertiary/aromatic N) is 1. The van der Waals surface area contributed by atoms with E-state index in [4.69, 9.17) is 0 Å². The van der Waals surface area contributed by atoms with E-state index < -0.39 is 12.7 Å². The first-order chi connectivity index (χ1) is 8.49. The van der Waals surface area contributed by atoms with Crippen molar-refractivity contribution in [1.29, 1.82) is 0 Å². The van der Waals surface area contributed by atoms with Crippen LogP contribution in [0.4, 0.5) is 13.2 Å². The molecule has 1 N–H and O–H groups in total. The predicted molar refractivity (Wildman–Crippen MR) is 64.5 cm³/mol. The topological polar surface area (TPSA) is 17.0 Å². The molecule has 0 fully saturated rings. The van der Waals surface area contributed by atoms with Crippen LogP contribution in [0.2, 0.25) is 0 Å². The molecule has 1 heterocycles. The Kier molecular flexibility index (Phi) is 4.00. The molecule has 0 aliphatic heterocycles. The molecule has 1 aliphatic carbocycles. The van der Waals surface area contributed by atoms with Gasteiger partial charge >= 0.3 is 6.18 Å². The zero-order valence-electron chi connectivity index (χ0n) is 10.6. The third kappa shape index (κ3) is 3.28. The van der Waals surface area contributed by atoms with Crippen LogP contribution in [0, 0.1) is 0 Å². The van der Waals surface area contributed by atoms with E-state index in [9.17, 15) is 13.2 Å². The quantitative estimate of drug-likeness (QED) is 0.877. The highest BCUT2D eigenvalue weighted by molar-refractivity contribution is 5.30. The Morgan fingerprint density at radius 3 is 2.83 bits per heavy atom. The van der Waals surface area contributed by atoms with E-state index in [1.54, 1.807) is 12.4 Å². The van der Waals surface area contributed by atoms with Crippen LogP contribution >= 0.6 is 0 Å². The molecule has 0 saturated heterocycles. The van der Waals surface area contributed by atoms with E-state index in [2.05, 4.69) is 12.2 Å². The van der Waals surface area contributed by atoms with Gasteiger partial charge < -0.3 is 9.88 Å². The summed E-state index contributed by atoms with van der Waals surface area (Å²) in [5.74, 6) is 0. The van der Waals surface area contributed by atoms with Gasteiger partial charge in [0.05, 0.1) is 0 Å². The molecule has 1 atom stereocenters. The molecule has 2 rings (SSSR count). The third-order valence-corrected chi connectivity index (χ3v) is 3.31. The van der Waals surface area contributed by atoms with Crippen LogP contribution in [-0.2, 0) is 13.0 Å². The molecule has 2 nitrogen and oxygen atoms in total. The largest absolute Gasteiger partial charge is 0.406 e. The van der Waals surface area contributed by atoms with E-state index in [0.717, 1.165) is 43.4 Å². The average molecular weight is 260 g/mol. The lowest BCUT2D eigenvalue weighted by molar-refractivity contribution is -0.140. The summed E-state index contributed by atoms with van der Waals surface area (Å²) >= 11 is 0. The van der Waals surface area contributed by atoms with Gasteiger partial charge in [0.15, 0.2) is 0 Å². The lowest BCUT2D eigenvalue weighted by Gasteiger charge is -2.23. The molecule has 102 valence electrons. The van der Waals surface area contributed by atoms with E-state index in [0.29, 0.717) is 0 Å². The van der Waals surface area contributed by atoms with Crippen molar-refractivity contribution >= 4 is 0 Å². The van der Waals surface area contributed by atoms with Gasteiger partial charge in [-0.3, -0.25) is 0 Å². The Hall–Kier alpha value is -0.970. The van der Waals surface area contributed by atoms with Gasteiger partial charge in [-0.05, 0) is 43.4 Å². The molecule has 1 unspecified atom stereocenters. The lowest BCUT2D eigenvalue weighted by Crippen LogP contribution is -2.25. The van der Waals surface area contributed by atoms with Gasteiger partial charge in [-0.15, -0.1) is 0 Å². The van der Waals surface area contributed by atoms with Crippen molar-refractivity contribution in [2.75, 3.05) is 6.54 Å². The molecule has 0 spiro atoms. The fourth-order valence-electron chi connectivity index (χ4n) is 2.58. The molecule has 1 aromatic heterocycles. The number of rotatable bonds is 4. The van der Waals surface area contributed by atoms with Crippen molar-refractivity contribution in [3.8, 4) is 0 Å². The molecule has 0 amide bonds. The van der Waals surface area contributed by atoms with Crippen molar-refractivity contribution in [2.24, 2.45) is 0 Å². The summed E-state index contributed by atoms with van der Waals surface area (Å²) in [5, 5.41) is 3.41. The predicted octanol–water partition coefficient (Wildman–Crippen LogP) is 3.43. The van der Waals surface area contributed by atoms with Crippen LogP contribution in [0.5, 0.6) is 0 Å². The Balaban J connectivity index is 2.13. The Morgan fingerprint density at radius 2 is 2.17 bits per heavy atom. The van der Waals surface area contributed by atoms with Crippen LogP contribution in [0.1, 0.15) is 43.4 Å². The molecule has 18 heavy (non-hydrogen) atoms. The minimum absolute atomic E-state index is 0.225. The van der Waals surface area contributed by atoms with Gasteiger partial charge in [-0.25, -0.2) is 0 Å². The summed E-state index contributed by atoms with van der Waals surface area (Å²) in [6, 6.07) is 0.225. The second kappa shape index (κ2) is 5.34. The summed E-state index contributed by atoms with van der Waals surface area (Å²) < 4.78 is 38.4. The van der Waals surface area contributed by atoms with Crippen LogP contribution in [0.15, 0.2) is 12.4 Å². The number of aryl methyl sites for hydroxylation is 1. The molecule has 0 saturated carbocycles. The van der Waals surface area contributed by atoms with Crippen molar-refractivity contribution in [3.63, 3.8) is 0 Å². The molecule has 0 bridgehead atoms. The van der Waals surface area contributed by atoms with Gasteiger partial charge in [0.2, 0.25) is 0 Å². The minimum Gasteiger partial charge on any atom is -0.345 e. The number of aromatic nitrogens is 1. The van der Waals surface area contributed by atoms with Crippen molar-refractivity contribution in [1.82, 2.24) is 9.88 Å². The Bertz CT molecular complexity index is 395. The molecule has 1 aromatic rings. The fraction of sp³-hybridized carbons (Fsp3) is 0.692. The summed E-state index contributed by atoms with van der Waals surface area (Å²) in [6.07, 6.45) is 3.17. The van der Waals surface area contributed by atoms with Crippen molar-refractivity contribution in [3.05, 3.63) is 23.5 Å². The maximum absolute atomic E-state index is 12.4. The number of alkyl halides is 3. The average Bonchev–Trinajstić information content (AvgIpc) is 2.66. The van der Waals surface area contributed by atoms with Crippen molar-refractivity contribution < 1.29 is 13.2 Å². The Labute approximate surface area is 105 Å². The maximum Gasteiger partial charge on any atom is 0.406 e. The fourth-order valence-corrected chi connectivity index (χ4v) is 2.58. The number of halogens is 3. The van der Waals surface area contributed by atoms with E-state index in [1.165, 1.54) is 4.57 Å². The summed E-state index contributed by atoms with van der Waals surface area (Å²) in [5.41, 5.74) is 2.12. The monoisotopic (exact) mass is 260 g/mol. The summed E-state index contributed by atoms with van der Waals surface area (Å²) in [4.78, 5) is 0. The molecular formula is C13H19F3N2. The van der Waals surface area contributed by atoms with Crippen LogP contribution < -0.4 is 5.32 Å². The molecule has 5 heteroatoms. The summed E-state index contributed by atoms with van der Waals surface area (Å²) in [7, 11) is 0. The number of fused-ring (bicyclic) bond motifs is 1. The SMILES string of the molecule is CCCNC1CCCc2cn(CC(F)(F)F)cc21. The van der Waals surface area contributed by atoms with Crippen LogP contribution in [0.3, 0.4) is 0 Å². The lowest BCUT2D eigenvalue weighted by atomic mass is 9.91. The van der Waals surface area contributed by atoms with Gasteiger partial charge in [0, 0.05) is 18.4 Å². The van der Waals surface area contributed by atoms with E-state index in [-0.39, 0.29) is 6.04 Å². The van der Waals surface area contributed by atoms with Crippen LogP contribution in [-0.4, -0.2) is 17.3 Å². The first-order valence-electron chi connectivity index (χ1n) is 6.48. The molecule has 0 radical (unpaired) electrons. The van der Waals surface area contributed by atoms with Crippen LogP contribution in [0.25, 0.3) is 0 Å². The minimum atomic E-state index is -4.14. The highest BCUT2D eigenvalue weighted by Gasteiger charge is 2.29. The second-order valence-corrected chi connectivity index (χ2v) is 4.93. The zero-order chi connectivity index (χ0) is 13.2. The zero-order valence-corrected chi connectivity index (χ0v) is 10.6. The third-order valence-electron chi connectivity index (χ3n) is 3.31. The second-order valence-electron chi connectivity index (χ2n) is 4.93. The number of hydrogen-bond acceptors (Lipinski definition) is 1. The number of nitrogens with one attached hydrogen (secondary N) is 1. The normalized spacial score (nSPS) is 19.9. The highest BCUT2D eigenvalue weighted by Crippen LogP contribution is 2.31. The highest BCUT2D eigenvalue weighted by atomic mass is 19.4. The molecular weight excluding hydrogens is 241 g/mol. The van der Waals surface area contributed by atoms with Gasteiger partial charge in [0.25, 0.3) is 0 Å². The summed E-state index contributed by atoms with van der Waals surface area (Å²) in [6.45, 7) is 2.11. The first-order valence-corrected chi connectivity index (χ1v) is 6.48. The van der Waals surface area contributed by atoms with Crippen molar-refractivity contribution in [2.45, 2.75) is 51.4 Å². The smallest absolute Gasteiger partial charge is 0.345 e. The molecule has 1 aliphatic rings.